The first-order chi connectivity index (χ1) is 9.88. The van der Waals surface area contributed by atoms with Crippen molar-refractivity contribution < 1.29 is 22.4 Å². The summed E-state index contributed by atoms with van der Waals surface area (Å²) in [4.78, 5) is 11.9. The number of alkyl halides is 3. The van der Waals surface area contributed by atoms with E-state index in [1.54, 1.807) is 11.8 Å². The summed E-state index contributed by atoms with van der Waals surface area (Å²) in [6.45, 7) is 0.346. The molecule has 7 heteroatoms. The Hall–Kier alpha value is -1.24. The van der Waals surface area contributed by atoms with Gasteiger partial charge in [-0.05, 0) is 36.8 Å². The van der Waals surface area contributed by atoms with E-state index in [-0.39, 0.29) is 5.25 Å². The fourth-order valence-corrected chi connectivity index (χ4v) is 3.38. The lowest BCUT2D eigenvalue weighted by Crippen LogP contribution is -2.32. The smallest absolute Gasteiger partial charge is 0.351 e. The number of amides is 1. The van der Waals surface area contributed by atoms with Gasteiger partial charge in [0.2, 0.25) is 0 Å². The second-order valence-corrected chi connectivity index (χ2v) is 6.30. The third-order valence-electron chi connectivity index (χ3n) is 3.30. The topological polar surface area (TPSA) is 29.1 Å². The van der Waals surface area contributed by atoms with Crippen molar-refractivity contribution >= 4 is 17.7 Å². The van der Waals surface area contributed by atoms with Crippen molar-refractivity contribution in [2.24, 2.45) is 0 Å². The average molecular weight is 321 g/mol. The van der Waals surface area contributed by atoms with Gasteiger partial charge in [-0.1, -0.05) is 6.42 Å². The van der Waals surface area contributed by atoms with E-state index in [9.17, 15) is 22.4 Å². The van der Waals surface area contributed by atoms with Crippen molar-refractivity contribution in [2.45, 2.75) is 30.7 Å². The number of halogens is 4. The van der Waals surface area contributed by atoms with E-state index in [0.717, 1.165) is 25.0 Å². The van der Waals surface area contributed by atoms with Crippen LogP contribution in [-0.2, 0) is 6.18 Å². The molecule has 2 rings (SSSR count). The number of carbonyl (C=O) groups excluding carboxylic acids is 1. The molecule has 0 aromatic heterocycles. The predicted octanol–water partition coefficient (Wildman–Crippen LogP) is 3.86. The van der Waals surface area contributed by atoms with Gasteiger partial charge < -0.3 is 5.32 Å². The van der Waals surface area contributed by atoms with Crippen LogP contribution in [0.15, 0.2) is 18.2 Å². The highest BCUT2D eigenvalue weighted by Crippen LogP contribution is 2.30. The fraction of sp³-hybridized carbons (Fsp3) is 0.500. The molecule has 1 fully saturated rings. The molecule has 1 aliphatic heterocycles. The van der Waals surface area contributed by atoms with Crippen LogP contribution in [0.1, 0.15) is 35.2 Å². The zero-order valence-corrected chi connectivity index (χ0v) is 12.0. The van der Waals surface area contributed by atoms with Crippen LogP contribution in [0.25, 0.3) is 0 Å². The molecule has 1 unspecified atom stereocenters. The Bertz CT molecular complexity index is 512. The minimum atomic E-state index is -4.60. The Balaban J connectivity index is 2.04. The van der Waals surface area contributed by atoms with Gasteiger partial charge in [0, 0.05) is 11.8 Å². The van der Waals surface area contributed by atoms with Gasteiger partial charge in [0.15, 0.2) is 0 Å². The van der Waals surface area contributed by atoms with Crippen molar-refractivity contribution in [3.05, 3.63) is 35.1 Å². The van der Waals surface area contributed by atoms with Crippen LogP contribution < -0.4 is 5.32 Å². The number of benzene rings is 1. The molecule has 2 nitrogen and oxygen atoms in total. The second-order valence-electron chi connectivity index (χ2n) is 4.89. The van der Waals surface area contributed by atoms with Crippen molar-refractivity contribution in [3.63, 3.8) is 0 Å². The molecule has 1 amide bonds. The molecule has 1 saturated heterocycles. The van der Waals surface area contributed by atoms with E-state index in [2.05, 4.69) is 5.32 Å². The number of rotatable bonds is 3. The SMILES string of the molecule is O=C(NCC1CCCCS1)c1cc(C(F)(F)F)ccc1F. The molecule has 1 aromatic carbocycles. The Morgan fingerprint density at radius 1 is 1.33 bits per heavy atom. The van der Waals surface area contributed by atoms with E-state index in [1.165, 1.54) is 0 Å². The molecular formula is C14H15F4NOS. The lowest BCUT2D eigenvalue weighted by atomic mass is 10.1. The Morgan fingerprint density at radius 3 is 2.71 bits per heavy atom. The highest BCUT2D eigenvalue weighted by Gasteiger charge is 2.32. The summed E-state index contributed by atoms with van der Waals surface area (Å²) >= 11 is 1.72. The molecule has 0 bridgehead atoms. The molecule has 0 saturated carbocycles. The van der Waals surface area contributed by atoms with Crippen LogP contribution in [0.3, 0.4) is 0 Å². The maximum atomic E-state index is 13.5. The number of hydrogen-bond donors (Lipinski definition) is 1. The number of thioether (sulfide) groups is 1. The highest BCUT2D eigenvalue weighted by atomic mass is 32.2. The van der Waals surface area contributed by atoms with Crippen molar-refractivity contribution in [2.75, 3.05) is 12.3 Å². The minimum absolute atomic E-state index is 0.247. The second kappa shape index (κ2) is 6.68. The molecule has 1 aromatic rings. The zero-order chi connectivity index (χ0) is 15.5. The third kappa shape index (κ3) is 4.36. The summed E-state index contributed by atoms with van der Waals surface area (Å²) in [6, 6.07) is 1.86. The summed E-state index contributed by atoms with van der Waals surface area (Å²) in [5.74, 6) is -0.736. The van der Waals surface area contributed by atoms with Crippen LogP contribution in [0.4, 0.5) is 17.6 Å². The molecule has 0 aliphatic carbocycles. The number of hydrogen-bond acceptors (Lipinski definition) is 2. The van der Waals surface area contributed by atoms with Gasteiger partial charge >= 0.3 is 6.18 Å². The summed E-state index contributed by atoms with van der Waals surface area (Å²) in [6.07, 6.45) is -1.43. The van der Waals surface area contributed by atoms with E-state index >= 15 is 0 Å². The molecule has 21 heavy (non-hydrogen) atoms. The molecule has 1 aliphatic rings. The third-order valence-corrected chi connectivity index (χ3v) is 4.70. The summed E-state index contributed by atoms with van der Waals surface area (Å²) < 4.78 is 51.3. The van der Waals surface area contributed by atoms with Gasteiger partial charge in [0.05, 0.1) is 11.1 Å². The maximum absolute atomic E-state index is 13.5. The molecule has 1 atom stereocenters. The monoisotopic (exact) mass is 321 g/mol. The van der Waals surface area contributed by atoms with Gasteiger partial charge in [0.25, 0.3) is 5.91 Å². The van der Waals surface area contributed by atoms with Gasteiger partial charge in [-0.3, -0.25) is 4.79 Å². The van der Waals surface area contributed by atoms with Gasteiger partial charge in [-0.25, -0.2) is 4.39 Å². The first-order valence-corrected chi connectivity index (χ1v) is 7.69. The van der Waals surface area contributed by atoms with Crippen molar-refractivity contribution in [1.29, 1.82) is 0 Å². The van der Waals surface area contributed by atoms with E-state index < -0.39 is 29.0 Å². The number of carbonyl (C=O) groups is 1. The number of nitrogens with one attached hydrogen (secondary N) is 1. The van der Waals surface area contributed by atoms with Crippen LogP contribution in [0, 0.1) is 5.82 Å². The maximum Gasteiger partial charge on any atom is 0.416 e. The highest BCUT2D eigenvalue weighted by molar-refractivity contribution is 7.99. The summed E-state index contributed by atoms with van der Waals surface area (Å²) in [5, 5.41) is 2.77. The largest absolute Gasteiger partial charge is 0.416 e. The lowest BCUT2D eigenvalue weighted by Gasteiger charge is -2.21. The van der Waals surface area contributed by atoms with E-state index in [1.807, 2.05) is 0 Å². The first kappa shape index (κ1) is 16.1. The molecule has 1 heterocycles. The normalized spacial score (nSPS) is 19.3. The van der Waals surface area contributed by atoms with Crippen LogP contribution in [0.5, 0.6) is 0 Å². The lowest BCUT2D eigenvalue weighted by molar-refractivity contribution is -0.137. The molecule has 1 N–H and O–H groups in total. The van der Waals surface area contributed by atoms with Crippen LogP contribution in [0.2, 0.25) is 0 Å². The zero-order valence-electron chi connectivity index (χ0n) is 11.2. The van der Waals surface area contributed by atoms with E-state index in [4.69, 9.17) is 0 Å². The molecule has 116 valence electrons. The predicted molar refractivity (Wildman–Crippen MR) is 73.8 cm³/mol. The van der Waals surface area contributed by atoms with Gasteiger partial charge in [-0.15, -0.1) is 0 Å². The van der Waals surface area contributed by atoms with E-state index in [0.29, 0.717) is 24.7 Å². The quantitative estimate of drug-likeness (QED) is 0.857. The Kier molecular flexibility index (Phi) is 5.13. The molecular weight excluding hydrogens is 306 g/mol. The standard InChI is InChI=1S/C14H15F4NOS/c15-12-5-4-9(14(16,17)18)7-11(12)13(20)19-8-10-3-1-2-6-21-10/h4-5,7,10H,1-3,6,8H2,(H,19,20). The Labute approximate surface area is 124 Å². The van der Waals surface area contributed by atoms with Crippen LogP contribution >= 0.6 is 11.8 Å². The Morgan fingerprint density at radius 2 is 2.10 bits per heavy atom. The van der Waals surface area contributed by atoms with Gasteiger partial charge in [0.1, 0.15) is 5.82 Å². The fourth-order valence-electron chi connectivity index (χ4n) is 2.15. The van der Waals surface area contributed by atoms with Crippen LogP contribution in [-0.4, -0.2) is 23.5 Å². The summed E-state index contributed by atoms with van der Waals surface area (Å²) in [5.41, 5.74) is -1.59. The summed E-state index contributed by atoms with van der Waals surface area (Å²) in [7, 11) is 0. The first-order valence-electron chi connectivity index (χ1n) is 6.64. The van der Waals surface area contributed by atoms with Gasteiger partial charge in [-0.2, -0.15) is 24.9 Å². The average Bonchev–Trinajstić information content (AvgIpc) is 2.45. The minimum Gasteiger partial charge on any atom is -0.351 e. The van der Waals surface area contributed by atoms with Crippen molar-refractivity contribution in [1.82, 2.24) is 5.32 Å². The molecule has 0 radical (unpaired) electrons. The van der Waals surface area contributed by atoms with Crippen molar-refractivity contribution in [3.8, 4) is 0 Å². The molecule has 0 spiro atoms.